The van der Waals surface area contributed by atoms with Crippen molar-refractivity contribution in [3.8, 4) is 45.5 Å². The quantitative estimate of drug-likeness (QED) is 0.232. The number of anilines is 1. The molecule has 40 heavy (non-hydrogen) atoms. The summed E-state index contributed by atoms with van der Waals surface area (Å²) in [5.74, 6) is 0.746. The van der Waals surface area contributed by atoms with Gasteiger partial charge in [-0.25, -0.2) is 0 Å². The molecule has 2 aromatic heterocycles. The van der Waals surface area contributed by atoms with Crippen molar-refractivity contribution >= 4 is 17.6 Å². The lowest BCUT2D eigenvalue weighted by Gasteiger charge is -2.12. The minimum atomic E-state index is -0.495. The molecule has 0 bridgehead atoms. The van der Waals surface area contributed by atoms with Crippen LogP contribution in [0.15, 0.2) is 89.5 Å². The zero-order valence-corrected chi connectivity index (χ0v) is 22.4. The molecule has 0 radical (unpaired) electrons. The Labute approximate surface area is 230 Å². The van der Waals surface area contributed by atoms with Crippen molar-refractivity contribution in [2.45, 2.75) is 13.8 Å². The summed E-state index contributed by atoms with van der Waals surface area (Å²) in [6.07, 6.45) is 1.44. The standard InChI is InChI=1S/C31H27N3O6/c1-19-7-5-8-23(17-19)34-31(40-20(2)35)28(29(33-34)25-15-14-24(37-3)18-27(25)38-4)21-10-12-22(13-11-21)32-30(36)26-9-6-16-39-26/h5-18H,1-4H3,(H,32,36). The van der Waals surface area contributed by atoms with Crippen LogP contribution < -0.4 is 19.5 Å². The van der Waals surface area contributed by atoms with E-state index in [4.69, 9.17) is 23.7 Å². The first-order chi connectivity index (χ1) is 19.4. The molecule has 1 N–H and O–H groups in total. The topological polar surface area (TPSA) is 105 Å². The number of aryl methyl sites for hydroxylation is 1. The Hall–Kier alpha value is -5.31. The lowest BCUT2D eigenvalue weighted by molar-refractivity contribution is -0.132. The predicted octanol–water partition coefficient (Wildman–Crippen LogP) is 6.30. The monoisotopic (exact) mass is 537 g/mol. The fraction of sp³-hybridized carbons (Fsp3) is 0.129. The van der Waals surface area contributed by atoms with E-state index in [1.54, 1.807) is 49.2 Å². The molecule has 0 saturated heterocycles. The second-order valence-corrected chi connectivity index (χ2v) is 8.95. The maximum absolute atomic E-state index is 12.5. The summed E-state index contributed by atoms with van der Waals surface area (Å²) in [5.41, 5.74) is 4.79. The third-order valence-corrected chi connectivity index (χ3v) is 6.17. The normalized spacial score (nSPS) is 10.7. The number of carbonyl (C=O) groups excluding carboxylic acids is 2. The summed E-state index contributed by atoms with van der Waals surface area (Å²) in [5, 5.41) is 7.74. The third kappa shape index (κ3) is 5.30. The molecule has 1 amide bonds. The van der Waals surface area contributed by atoms with E-state index in [1.807, 2.05) is 55.5 Å². The minimum Gasteiger partial charge on any atom is -0.497 e. The molecule has 3 aromatic carbocycles. The first-order valence-electron chi connectivity index (χ1n) is 12.4. The second kappa shape index (κ2) is 11.2. The molecule has 0 aliphatic heterocycles. The number of hydrogen-bond acceptors (Lipinski definition) is 7. The van der Waals surface area contributed by atoms with E-state index in [2.05, 4.69) is 5.32 Å². The third-order valence-electron chi connectivity index (χ3n) is 6.17. The van der Waals surface area contributed by atoms with Gasteiger partial charge >= 0.3 is 5.97 Å². The van der Waals surface area contributed by atoms with E-state index in [1.165, 1.54) is 13.2 Å². The average molecular weight is 538 g/mol. The van der Waals surface area contributed by atoms with Crippen LogP contribution in [0.5, 0.6) is 17.4 Å². The molecule has 0 atom stereocenters. The maximum Gasteiger partial charge on any atom is 0.309 e. The van der Waals surface area contributed by atoms with Crippen LogP contribution in [0.2, 0.25) is 0 Å². The Balaban J connectivity index is 1.69. The van der Waals surface area contributed by atoms with Gasteiger partial charge in [0.25, 0.3) is 5.91 Å². The van der Waals surface area contributed by atoms with E-state index < -0.39 is 5.97 Å². The highest BCUT2D eigenvalue weighted by molar-refractivity contribution is 6.02. The van der Waals surface area contributed by atoms with E-state index in [9.17, 15) is 9.59 Å². The molecule has 202 valence electrons. The number of ether oxygens (including phenoxy) is 3. The molecule has 0 unspecified atom stereocenters. The number of hydrogen-bond donors (Lipinski definition) is 1. The van der Waals surface area contributed by atoms with Crippen LogP contribution in [0.25, 0.3) is 28.1 Å². The maximum atomic E-state index is 12.5. The average Bonchev–Trinajstić information content (AvgIpc) is 3.62. The summed E-state index contributed by atoms with van der Waals surface area (Å²) >= 11 is 0. The van der Waals surface area contributed by atoms with Gasteiger partial charge in [-0.1, -0.05) is 24.3 Å². The van der Waals surface area contributed by atoms with Gasteiger partial charge in [0.15, 0.2) is 5.76 Å². The van der Waals surface area contributed by atoms with Crippen LogP contribution in [-0.2, 0) is 4.79 Å². The predicted molar refractivity (Wildman–Crippen MR) is 150 cm³/mol. The lowest BCUT2D eigenvalue weighted by atomic mass is 10.00. The molecule has 0 aliphatic rings. The van der Waals surface area contributed by atoms with Gasteiger partial charge in [-0.05, 0) is 66.6 Å². The summed E-state index contributed by atoms with van der Waals surface area (Å²) in [6, 6.07) is 23.5. The van der Waals surface area contributed by atoms with Crippen molar-refractivity contribution in [2.75, 3.05) is 19.5 Å². The van der Waals surface area contributed by atoms with Gasteiger partial charge in [0.1, 0.15) is 17.2 Å². The van der Waals surface area contributed by atoms with Crippen LogP contribution in [0.4, 0.5) is 5.69 Å². The summed E-state index contributed by atoms with van der Waals surface area (Å²) < 4.78 is 23.7. The highest BCUT2D eigenvalue weighted by Crippen LogP contribution is 2.44. The Kier molecular flexibility index (Phi) is 7.37. The fourth-order valence-electron chi connectivity index (χ4n) is 4.33. The largest absolute Gasteiger partial charge is 0.497 e. The SMILES string of the molecule is COc1ccc(-c2nn(-c3cccc(C)c3)c(OC(C)=O)c2-c2ccc(NC(=O)c3ccco3)cc2)c(OC)c1. The second-order valence-electron chi connectivity index (χ2n) is 8.95. The fourth-order valence-corrected chi connectivity index (χ4v) is 4.33. The van der Waals surface area contributed by atoms with Crippen molar-refractivity contribution in [1.29, 1.82) is 0 Å². The zero-order chi connectivity index (χ0) is 28.2. The number of furan rings is 1. The summed E-state index contributed by atoms with van der Waals surface area (Å²) in [4.78, 5) is 24.8. The molecule has 9 heteroatoms. The Morgan fingerprint density at radius 1 is 0.925 bits per heavy atom. The van der Waals surface area contributed by atoms with Crippen LogP contribution in [0.1, 0.15) is 23.0 Å². The molecular formula is C31H27N3O6. The van der Waals surface area contributed by atoms with Crippen molar-refractivity contribution < 1.29 is 28.2 Å². The number of carbonyl (C=O) groups is 2. The molecule has 2 heterocycles. The first kappa shape index (κ1) is 26.3. The number of aromatic nitrogens is 2. The number of nitrogens with one attached hydrogen (secondary N) is 1. The molecule has 0 aliphatic carbocycles. The van der Waals surface area contributed by atoms with Gasteiger partial charge in [0.2, 0.25) is 5.88 Å². The van der Waals surface area contributed by atoms with Crippen LogP contribution >= 0.6 is 0 Å². The number of rotatable bonds is 8. The van der Waals surface area contributed by atoms with Crippen LogP contribution in [0, 0.1) is 6.92 Å². The Morgan fingerprint density at radius 3 is 2.38 bits per heavy atom. The molecule has 5 rings (SSSR count). The minimum absolute atomic E-state index is 0.203. The van der Waals surface area contributed by atoms with E-state index in [0.717, 1.165) is 11.3 Å². The van der Waals surface area contributed by atoms with Gasteiger partial charge in [-0.15, -0.1) is 0 Å². The van der Waals surface area contributed by atoms with E-state index in [0.29, 0.717) is 39.6 Å². The molecular weight excluding hydrogens is 510 g/mol. The van der Waals surface area contributed by atoms with Crippen molar-refractivity contribution in [3.05, 3.63) is 96.4 Å². The molecule has 9 nitrogen and oxygen atoms in total. The number of esters is 1. The Bertz CT molecular complexity index is 1670. The highest BCUT2D eigenvalue weighted by atomic mass is 16.5. The highest BCUT2D eigenvalue weighted by Gasteiger charge is 2.26. The van der Waals surface area contributed by atoms with Gasteiger partial charge < -0.3 is 23.9 Å². The van der Waals surface area contributed by atoms with Crippen molar-refractivity contribution in [2.24, 2.45) is 0 Å². The molecule has 0 spiro atoms. The van der Waals surface area contributed by atoms with Crippen LogP contribution in [-0.4, -0.2) is 35.9 Å². The van der Waals surface area contributed by atoms with Gasteiger partial charge in [-0.3, -0.25) is 9.59 Å². The lowest BCUT2D eigenvalue weighted by Crippen LogP contribution is -2.10. The van der Waals surface area contributed by atoms with Gasteiger partial charge in [0, 0.05) is 24.2 Å². The summed E-state index contributed by atoms with van der Waals surface area (Å²) in [7, 11) is 3.15. The smallest absolute Gasteiger partial charge is 0.309 e. The zero-order valence-electron chi connectivity index (χ0n) is 22.4. The molecule has 5 aromatic rings. The Morgan fingerprint density at radius 2 is 1.73 bits per heavy atom. The van der Waals surface area contributed by atoms with Gasteiger partial charge in [-0.2, -0.15) is 9.78 Å². The molecule has 0 fully saturated rings. The number of methoxy groups -OCH3 is 2. The number of amides is 1. The van der Waals surface area contributed by atoms with Crippen molar-refractivity contribution in [1.82, 2.24) is 9.78 Å². The van der Waals surface area contributed by atoms with Gasteiger partial charge in [0.05, 0.1) is 31.7 Å². The van der Waals surface area contributed by atoms with Crippen LogP contribution in [0.3, 0.4) is 0 Å². The molecule has 0 saturated carbocycles. The number of nitrogens with zero attached hydrogens (tertiary/aromatic N) is 2. The summed E-state index contributed by atoms with van der Waals surface area (Å²) in [6.45, 7) is 3.32. The number of benzene rings is 3. The van der Waals surface area contributed by atoms with E-state index >= 15 is 0 Å². The van der Waals surface area contributed by atoms with Crippen molar-refractivity contribution in [3.63, 3.8) is 0 Å². The first-order valence-corrected chi connectivity index (χ1v) is 12.4. The van der Waals surface area contributed by atoms with E-state index in [-0.39, 0.29) is 17.5 Å².